The molecule has 0 atom stereocenters. The monoisotopic (exact) mass is 482 g/mol. The van der Waals surface area contributed by atoms with Gasteiger partial charge in [-0.1, -0.05) is 24.3 Å². The molecular formula is C26H19F3NO3S+. The van der Waals surface area contributed by atoms with Gasteiger partial charge in [0.2, 0.25) is 5.91 Å². The highest BCUT2D eigenvalue weighted by Gasteiger charge is 2.13. The largest absolute Gasteiger partial charge is 0.457 e. The summed E-state index contributed by atoms with van der Waals surface area (Å²) in [6, 6.07) is 20.8. The van der Waals surface area contributed by atoms with Gasteiger partial charge in [-0.15, -0.1) is 0 Å². The molecule has 8 heteroatoms. The summed E-state index contributed by atoms with van der Waals surface area (Å²) in [5.74, 6) is -2.54. The van der Waals surface area contributed by atoms with Gasteiger partial charge in [-0.2, -0.15) is 4.55 Å². The third-order valence-electron chi connectivity index (χ3n) is 4.94. The van der Waals surface area contributed by atoms with Crippen LogP contribution in [0.5, 0.6) is 11.5 Å². The third kappa shape index (κ3) is 5.78. The molecule has 0 fully saturated rings. The highest BCUT2D eigenvalue weighted by Crippen LogP contribution is 2.36. The van der Waals surface area contributed by atoms with Crippen molar-refractivity contribution in [3.8, 4) is 22.6 Å². The predicted octanol–water partition coefficient (Wildman–Crippen LogP) is 6.39. The summed E-state index contributed by atoms with van der Waals surface area (Å²) in [6.45, 7) is 0. The van der Waals surface area contributed by atoms with Crippen LogP contribution < -0.4 is 10.1 Å². The van der Waals surface area contributed by atoms with Crippen LogP contribution in [0, 0.1) is 17.5 Å². The van der Waals surface area contributed by atoms with E-state index < -0.39 is 17.5 Å². The van der Waals surface area contributed by atoms with Crippen molar-refractivity contribution in [1.29, 1.82) is 0 Å². The summed E-state index contributed by atoms with van der Waals surface area (Å²) < 4.78 is 55.7. The number of halogens is 3. The maximum absolute atomic E-state index is 13.8. The molecule has 0 aliphatic carbocycles. The van der Waals surface area contributed by atoms with Crippen LogP contribution in [-0.4, -0.2) is 10.5 Å². The molecule has 4 aromatic carbocycles. The molecule has 0 heterocycles. The lowest BCUT2D eigenvalue weighted by Crippen LogP contribution is -2.14. The zero-order valence-corrected chi connectivity index (χ0v) is 18.5. The van der Waals surface area contributed by atoms with E-state index in [2.05, 4.69) is 5.32 Å². The Labute approximate surface area is 198 Å². The number of hydrogen-bond donors (Lipinski definition) is 2. The Morgan fingerprint density at radius 3 is 2.38 bits per heavy atom. The molecule has 0 unspecified atom stereocenters. The number of amides is 1. The van der Waals surface area contributed by atoms with Crippen molar-refractivity contribution in [3.05, 3.63) is 108 Å². The fraction of sp³-hybridized carbons (Fsp3) is 0.0385. The van der Waals surface area contributed by atoms with Crippen molar-refractivity contribution in [3.63, 3.8) is 0 Å². The number of benzene rings is 4. The maximum atomic E-state index is 13.8. The van der Waals surface area contributed by atoms with Crippen LogP contribution in [0.15, 0.2) is 89.8 Å². The minimum absolute atomic E-state index is 0.0447. The Morgan fingerprint density at radius 2 is 1.68 bits per heavy atom. The van der Waals surface area contributed by atoms with Crippen molar-refractivity contribution in [2.24, 2.45) is 0 Å². The molecule has 4 rings (SSSR count). The van der Waals surface area contributed by atoms with Crippen LogP contribution in [0.3, 0.4) is 0 Å². The lowest BCUT2D eigenvalue weighted by atomic mass is 10.0. The van der Waals surface area contributed by atoms with E-state index in [1.807, 2.05) is 0 Å². The summed E-state index contributed by atoms with van der Waals surface area (Å²) in [5.41, 5.74) is 2.19. The molecule has 0 aromatic heterocycles. The smallest absolute Gasteiger partial charge is 0.228 e. The normalized spacial score (nSPS) is 10.7. The Bertz CT molecular complexity index is 1330. The molecule has 2 N–H and O–H groups in total. The first kappa shape index (κ1) is 23.4. The number of ether oxygens (including phenoxy) is 1. The number of anilines is 1. The minimum Gasteiger partial charge on any atom is -0.457 e. The summed E-state index contributed by atoms with van der Waals surface area (Å²) >= 11 is 0.155. The number of thiol groups is 1. The molecule has 0 aliphatic rings. The molecule has 0 radical (unpaired) electrons. The molecular weight excluding hydrogens is 463 g/mol. The molecule has 0 aliphatic heterocycles. The van der Waals surface area contributed by atoms with Crippen LogP contribution in [-0.2, 0) is 23.3 Å². The van der Waals surface area contributed by atoms with Gasteiger partial charge < -0.3 is 10.1 Å². The summed E-state index contributed by atoms with van der Waals surface area (Å²) in [4.78, 5) is 13.3. The van der Waals surface area contributed by atoms with Crippen LogP contribution in [0.2, 0.25) is 0 Å². The van der Waals surface area contributed by atoms with Crippen molar-refractivity contribution in [2.45, 2.75) is 11.3 Å². The zero-order valence-electron chi connectivity index (χ0n) is 17.6. The summed E-state index contributed by atoms with van der Waals surface area (Å²) in [6.07, 6.45) is 0.105. The zero-order chi connectivity index (χ0) is 24.1. The number of carbonyl (C=O) groups is 1. The number of carbonyl (C=O) groups excluding carboxylic acids is 1. The average Bonchev–Trinajstić information content (AvgIpc) is 2.82. The Morgan fingerprint density at radius 1 is 0.882 bits per heavy atom. The van der Waals surface area contributed by atoms with Crippen LogP contribution >= 0.6 is 0 Å². The summed E-state index contributed by atoms with van der Waals surface area (Å²) in [5, 5.41) is 2.78. The SMILES string of the molecule is O=C(Cc1ccc([SH+]O)cc1)Nc1ccc(-c2cccc(F)c2)c(Oc2ccc(F)c(F)c2)c1. The first-order valence-electron chi connectivity index (χ1n) is 10.2. The van der Waals surface area contributed by atoms with Gasteiger partial charge in [0.15, 0.2) is 28.6 Å². The van der Waals surface area contributed by atoms with Crippen molar-refractivity contribution in [2.75, 3.05) is 5.32 Å². The van der Waals surface area contributed by atoms with E-state index in [0.29, 0.717) is 16.8 Å². The van der Waals surface area contributed by atoms with Gasteiger partial charge >= 0.3 is 0 Å². The van der Waals surface area contributed by atoms with Gasteiger partial charge in [0.1, 0.15) is 17.3 Å². The van der Waals surface area contributed by atoms with E-state index in [9.17, 15) is 18.0 Å². The number of hydrogen-bond acceptors (Lipinski definition) is 3. The van der Waals surface area contributed by atoms with Gasteiger partial charge in [-0.05, 0) is 59.7 Å². The molecule has 172 valence electrons. The quantitative estimate of drug-likeness (QED) is 0.237. The van der Waals surface area contributed by atoms with Crippen molar-refractivity contribution in [1.82, 2.24) is 0 Å². The molecule has 34 heavy (non-hydrogen) atoms. The molecule has 0 spiro atoms. The lowest BCUT2D eigenvalue weighted by Gasteiger charge is -2.14. The van der Waals surface area contributed by atoms with E-state index in [4.69, 9.17) is 9.29 Å². The minimum atomic E-state index is -1.07. The van der Waals surface area contributed by atoms with E-state index in [-0.39, 0.29) is 35.9 Å². The molecule has 1 amide bonds. The lowest BCUT2D eigenvalue weighted by molar-refractivity contribution is -0.115. The van der Waals surface area contributed by atoms with Crippen molar-refractivity contribution < 1.29 is 27.3 Å². The van der Waals surface area contributed by atoms with Crippen LogP contribution in [0.1, 0.15) is 5.56 Å². The Hall–Kier alpha value is -3.75. The molecule has 4 nitrogen and oxygen atoms in total. The third-order valence-corrected chi connectivity index (χ3v) is 5.47. The second-order valence-electron chi connectivity index (χ2n) is 7.39. The summed E-state index contributed by atoms with van der Waals surface area (Å²) in [7, 11) is 0. The second-order valence-corrected chi connectivity index (χ2v) is 8.11. The molecule has 0 saturated carbocycles. The van der Waals surface area contributed by atoms with Gasteiger partial charge in [0.05, 0.1) is 6.42 Å². The van der Waals surface area contributed by atoms with Gasteiger partial charge in [0.25, 0.3) is 0 Å². The van der Waals surface area contributed by atoms with Crippen molar-refractivity contribution >= 4 is 23.6 Å². The Balaban J connectivity index is 1.61. The second kappa shape index (κ2) is 10.5. The fourth-order valence-corrected chi connectivity index (χ4v) is 3.60. The first-order chi connectivity index (χ1) is 16.4. The van der Waals surface area contributed by atoms with Gasteiger partial charge in [-0.3, -0.25) is 4.79 Å². The first-order valence-corrected chi connectivity index (χ1v) is 11.0. The van der Waals surface area contributed by atoms with Crippen LogP contribution in [0.4, 0.5) is 18.9 Å². The van der Waals surface area contributed by atoms with Crippen LogP contribution in [0.25, 0.3) is 11.1 Å². The molecule has 0 saturated heterocycles. The number of rotatable bonds is 7. The predicted molar refractivity (Wildman–Crippen MR) is 127 cm³/mol. The van der Waals surface area contributed by atoms with E-state index >= 15 is 0 Å². The maximum Gasteiger partial charge on any atom is 0.228 e. The Kier molecular flexibility index (Phi) is 7.20. The van der Waals surface area contributed by atoms with E-state index in [1.54, 1.807) is 48.5 Å². The van der Waals surface area contributed by atoms with Gasteiger partial charge in [-0.25, -0.2) is 13.2 Å². The molecule has 4 aromatic rings. The topological polar surface area (TPSA) is 58.6 Å². The van der Waals surface area contributed by atoms with E-state index in [1.165, 1.54) is 24.3 Å². The molecule has 0 bridgehead atoms. The standard InChI is InChI=1S/C26H18F3NO3S/c27-18-3-1-2-17(13-18)22-10-6-19(14-25(22)33-20-7-11-23(28)24(29)15-20)30-26(31)12-16-4-8-21(34-32)9-5-16/h1-11,13-15,32H,12H2,(H,30,31)/p+1. The highest BCUT2D eigenvalue weighted by molar-refractivity contribution is 7.72. The fourth-order valence-electron chi connectivity index (χ4n) is 3.32. The van der Waals surface area contributed by atoms with Gasteiger partial charge in [0, 0.05) is 23.4 Å². The highest BCUT2D eigenvalue weighted by atomic mass is 32.2. The average molecular weight is 483 g/mol. The number of nitrogens with one attached hydrogen (secondary N) is 1. The van der Waals surface area contributed by atoms with E-state index in [0.717, 1.165) is 22.6 Å².